The molecule has 136 valence electrons. The summed E-state index contributed by atoms with van der Waals surface area (Å²) >= 11 is 0. The van der Waals surface area contributed by atoms with E-state index in [4.69, 9.17) is 0 Å². The molecule has 2 aliphatic heterocycles. The van der Waals surface area contributed by atoms with Gasteiger partial charge in [0, 0.05) is 25.7 Å². The number of halogens is 2. The number of hydrogen-bond donors (Lipinski definition) is 0. The first-order chi connectivity index (χ1) is 12.6. The lowest BCUT2D eigenvalue weighted by molar-refractivity contribution is 0.135. The van der Waals surface area contributed by atoms with E-state index in [0.29, 0.717) is 49.0 Å². The van der Waals surface area contributed by atoms with Crippen molar-refractivity contribution in [2.24, 2.45) is 5.92 Å². The lowest BCUT2D eigenvalue weighted by atomic mass is 9.94. The molecule has 26 heavy (non-hydrogen) atoms. The van der Waals surface area contributed by atoms with Crippen LogP contribution in [0.15, 0.2) is 23.8 Å². The molecule has 2 saturated heterocycles. The maximum absolute atomic E-state index is 13.5. The number of allylic oxidation sites excluding steroid dienone is 1. The van der Waals surface area contributed by atoms with Crippen LogP contribution in [0.1, 0.15) is 37.7 Å². The third-order valence-electron chi connectivity index (χ3n) is 5.97. The van der Waals surface area contributed by atoms with E-state index in [2.05, 4.69) is 6.07 Å². The highest BCUT2D eigenvalue weighted by Gasteiger charge is 2.41. The van der Waals surface area contributed by atoms with Gasteiger partial charge < -0.3 is 9.80 Å². The minimum absolute atomic E-state index is 0.114. The molecule has 0 radical (unpaired) electrons. The molecule has 1 aliphatic carbocycles. The topological polar surface area (TPSA) is 47.3 Å². The maximum Gasteiger partial charge on any atom is 0.320 e. The van der Waals surface area contributed by atoms with Gasteiger partial charge in [0.05, 0.1) is 11.6 Å². The molecule has 6 heteroatoms. The average molecular weight is 357 g/mol. The molecule has 4 nitrogen and oxygen atoms in total. The second-order valence-electron chi connectivity index (χ2n) is 7.47. The van der Waals surface area contributed by atoms with Crippen molar-refractivity contribution >= 4 is 11.6 Å². The Labute approximate surface area is 151 Å². The average Bonchev–Trinajstić information content (AvgIpc) is 3.29. The molecule has 3 fully saturated rings. The van der Waals surface area contributed by atoms with Crippen molar-refractivity contribution in [3.8, 4) is 6.07 Å². The number of nitriles is 1. The number of likely N-dealkylation sites (tertiary alicyclic amines) is 2. The zero-order chi connectivity index (χ0) is 18.3. The first-order valence-corrected chi connectivity index (χ1v) is 9.20. The van der Waals surface area contributed by atoms with Crippen LogP contribution in [0, 0.1) is 28.9 Å². The molecule has 4 rings (SSSR count). The summed E-state index contributed by atoms with van der Waals surface area (Å²) in [6.07, 6.45) is 4.68. The summed E-state index contributed by atoms with van der Waals surface area (Å²) < 4.78 is 26.6. The Morgan fingerprint density at radius 3 is 2.50 bits per heavy atom. The molecule has 1 aromatic carbocycles. The number of hydrogen-bond acceptors (Lipinski definition) is 2. The number of carbonyl (C=O) groups is 1. The minimum Gasteiger partial charge on any atom is -0.324 e. The van der Waals surface area contributed by atoms with Crippen LogP contribution in [-0.4, -0.2) is 41.5 Å². The first-order valence-electron chi connectivity index (χ1n) is 9.20. The highest BCUT2D eigenvalue weighted by atomic mass is 19.2. The van der Waals surface area contributed by atoms with Crippen LogP contribution < -0.4 is 0 Å². The van der Waals surface area contributed by atoms with E-state index in [-0.39, 0.29) is 6.03 Å². The van der Waals surface area contributed by atoms with Crippen molar-refractivity contribution in [2.75, 3.05) is 19.6 Å². The number of rotatable bonds is 1. The molecule has 3 aliphatic rings. The van der Waals surface area contributed by atoms with E-state index in [9.17, 15) is 18.8 Å². The molecule has 2 bridgehead atoms. The molecule has 0 N–H and O–H groups in total. The SMILES string of the molecule is N#CC(=C1CCN(C(=O)N2CC3CCC2C3)CC1)c1ccc(F)c(F)c1. The van der Waals surface area contributed by atoms with Gasteiger partial charge >= 0.3 is 6.03 Å². The molecular formula is C20H21F2N3O. The predicted octanol–water partition coefficient (Wildman–Crippen LogP) is 3.94. The summed E-state index contributed by atoms with van der Waals surface area (Å²) in [5.74, 6) is -1.20. The number of urea groups is 1. The van der Waals surface area contributed by atoms with E-state index in [1.807, 2.05) is 9.80 Å². The van der Waals surface area contributed by atoms with E-state index < -0.39 is 11.6 Å². The van der Waals surface area contributed by atoms with Crippen LogP contribution in [0.5, 0.6) is 0 Å². The van der Waals surface area contributed by atoms with Gasteiger partial charge in [-0.25, -0.2) is 13.6 Å². The Balaban J connectivity index is 1.46. The molecule has 0 aromatic heterocycles. The zero-order valence-corrected chi connectivity index (χ0v) is 14.5. The Bertz CT molecular complexity index is 804. The molecule has 1 saturated carbocycles. The normalized spacial score (nSPS) is 24.7. The minimum atomic E-state index is -0.951. The van der Waals surface area contributed by atoms with Gasteiger partial charge in [-0.3, -0.25) is 0 Å². The molecule has 0 spiro atoms. The first kappa shape index (κ1) is 17.0. The van der Waals surface area contributed by atoms with Crippen molar-refractivity contribution < 1.29 is 13.6 Å². The fraction of sp³-hybridized carbons (Fsp3) is 0.500. The van der Waals surface area contributed by atoms with Gasteiger partial charge in [-0.15, -0.1) is 0 Å². The van der Waals surface area contributed by atoms with Gasteiger partial charge in [0.1, 0.15) is 0 Å². The maximum atomic E-state index is 13.5. The van der Waals surface area contributed by atoms with E-state index in [1.54, 1.807) is 0 Å². The summed E-state index contributed by atoms with van der Waals surface area (Å²) in [6.45, 7) is 2.01. The monoisotopic (exact) mass is 357 g/mol. The van der Waals surface area contributed by atoms with Gasteiger partial charge in [0.25, 0.3) is 0 Å². The molecule has 2 amide bonds. The highest BCUT2D eigenvalue weighted by Crippen LogP contribution is 2.38. The fourth-order valence-corrected chi connectivity index (χ4v) is 4.56. The van der Waals surface area contributed by atoms with E-state index >= 15 is 0 Å². The van der Waals surface area contributed by atoms with Crippen LogP contribution in [0.2, 0.25) is 0 Å². The lowest BCUT2D eigenvalue weighted by Gasteiger charge is -2.36. The standard InChI is InChI=1S/C20H21F2N3O/c21-18-4-2-15(10-19(18)22)17(11-23)14-5-7-24(8-6-14)20(26)25-12-13-1-3-16(25)9-13/h2,4,10,13,16H,1,3,5-9,12H2. The van der Waals surface area contributed by atoms with Crippen LogP contribution >= 0.6 is 0 Å². The Morgan fingerprint density at radius 1 is 1.15 bits per heavy atom. The van der Waals surface area contributed by atoms with Crippen molar-refractivity contribution in [1.29, 1.82) is 5.26 Å². The summed E-state index contributed by atoms with van der Waals surface area (Å²) in [7, 11) is 0. The molecule has 1 aromatic rings. The van der Waals surface area contributed by atoms with Crippen molar-refractivity contribution in [3.05, 3.63) is 41.0 Å². The third-order valence-corrected chi connectivity index (χ3v) is 5.97. The quantitative estimate of drug-likeness (QED) is 0.715. The van der Waals surface area contributed by atoms with Crippen molar-refractivity contribution in [3.63, 3.8) is 0 Å². The van der Waals surface area contributed by atoms with Gasteiger partial charge in [0.15, 0.2) is 11.6 Å². The molecule has 2 heterocycles. The predicted molar refractivity (Wildman–Crippen MR) is 92.9 cm³/mol. The van der Waals surface area contributed by atoms with Crippen LogP contribution in [0.4, 0.5) is 13.6 Å². The summed E-state index contributed by atoms with van der Waals surface area (Å²) in [4.78, 5) is 16.7. The highest BCUT2D eigenvalue weighted by molar-refractivity contribution is 5.80. The Hall–Kier alpha value is -2.42. The smallest absolute Gasteiger partial charge is 0.320 e. The van der Waals surface area contributed by atoms with Gasteiger partial charge in [-0.05, 0) is 61.3 Å². The fourth-order valence-electron chi connectivity index (χ4n) is 4.56. The van der Waals surface area contributed by atoms with E-state index in [1.165, 1.54) is 12.5 Å². The number of amides is 2. The molecular weight excluding hydrogens is 336 g/mol. The summed E-state index contributed by atoms with van der Waals surface area (Å²) in [5.41, 5.74) is 1.71. The summed E-state index contributed by atoms with van der Waals surface area (Å²) in [5, 5.41) is 9.50. The van der Waals surface area contributed by atoms with Gasteiger partial charge in [-0.2, -0.15) is 5.26 Å². The zero-order valence-electron chi connectivity index (χ0n) is 14.5. The van der Waals surface area contributed by atoms with Crippen LogP contribution in [0.25, 0.3) is 5.57 Å². The Morgan fingerprint density at radius 2 is 1.92 bits per heavy atom. The number of nitrogens with zero attached hydrogens (tertiary/aromatic N) is 3. The van der Waals surface area contributed by atoms with Crippen LogP contribution in [0.3, 0.4) is 0 Å². The number of fused-ring (bicyclic) bond motifs is 2. The Kier molecular flexibility index (Phi) is 4.39. The second kappa shape index (κ2) is 6.71. The molecule has 2 atom stereocenters. The number of carbonyl (C=O) groups excluding carboxylic acids is 1. The van der Waals surface area contributed by atoms with Crippen molar-refractivity contribution in [1.82, 2.24) is 9.80 Å². The van der Waals surface area contributed by atoms with Gasteiger partial charge in [0.2, 0.25) is 0 Å². The third kappa shape index (κ3) is 2.96. The van der Waals surface area contributed by atoms with Crippen molar-refractivity contribution in [2.45, 2.75) is 38.1 Å². The lowest BCUT2D eigenvalue weighted by Crippen LogP contribution is -2.48. The number of piperidine rings is 2. The second-order valence-corrected chi connectivity index (χ2v) is 7.47. The van der Waals surface area contributed by atoms with Gasteiger partial charge in [-0.1, -0.05) is 6.07 Å². The summed E-state index contributed by atoms with van der Waals surface area (Å²) in [6, 6.07) is 6.20. The van der Waals surface area contributed by atoms with E-state index in [0.717, 1.165) is 37.1 Å². The van der Waals surface area contributed by atoms with Crippen LogP contribution in [-0.2, 0) is 0 Å². The largest absolute Gasteiger partial charge is 0.324 e. The molecule has 2 unspecified atom stereocenters. The number of benzene rings is 1.